The molecule has 2 heteroatoms. The molecule has 0 spiro atoms. The van der Waals surface area contributed by atoms with Gasteiger partial charge < -0.3 is 4.90 Å². The molecule has 0 N–H and O–H groups in total. The molecule has 0 saturated heterocycles. The molecular weight excluding hydrogens is 563 g/mol. The Bertz CT molecular complexity index is 2420. The lowest BCUT2D eigenvalue weighted by Gasteiger charge is -2.29. The molecule has 0 unspecified atom stereocenters. The van der Waals surface area contributed by atoms with Crippen molar-refractivity contribution in [3.8, 4) is 22.3 Å². The zero-order valence-corrected chi connectivity index (χ0v) is 26.1. The third kappa shape index (κ3) is 3.99. The third-order valence-corrected chi connectivity index (χ3v) is 10.9. The van der Waals surface area contributed by atoms with E-state index in [0.717, 1.165) is 5.69 Å². The Kier molecular flexibility index (Phi) is 5.78. The quantitative estimate of drug-likeness (QED) is 0.196. The standard InChI is InChI=1S/C43H31NS/c1-43(2)38-21-7-5-17-34(38)35-25-24-31(27-39(35)43)44(40-22-10-13-28-12-3-4-16-32(28)40)30-15-9-14-29(26-30)33-19-11-20-37-36-18-6-8-23-41(36)45-42(33)37/h3-27H,1-2H3. The Balaban J connectivity index is 1.27. The second-order valence-corrected chi connectivity index (χ2v) is 13.6. The molecule has 0 fully saturated rings. The SMILES string of the molecule is CC1(C)c2ccccc2-c2ccc(N(c3cccc(-c4cccc5c4sc4ccccc45)c3)c3cccc4ccccc34)cc21. The smallest absolute Gasteiger partial charge is 0.0540 e. The molecule has 45 heavy (non-hydrogen) atoms. The molecule has 0 atom stereocenters. The van der Waals surface area contributed by atoms with Gasteiger partial charge in [0.25, 0.3) is 0 Å². The van der Waals surface area contributed by atoms with Crippen molar-refractivity contribution in [3.63, 3.8) is 0 Å². The monoisotopic (exact) mass is 593 g/mol. The minimum Gasteiger partial charge on any atom is -0.310 e. The summed E-state index contributed by atoms with van der Waals surface area (Å²) in [6.07, 6.45) is 0. The predicted molar refractivity (Wildman–Crippen MR) is 195 cm³/mol. The van der Waals surface area contributed by atoms with Crippen molar-refractivity contribution in [2.45, 2.75) is 19.3 Å². The summed E-state index contributed by atoms with van der Waals surface area (Å²) in [5.41, 5.74) is 11.4. The fraction of sp³-hybridized carbons (Fsp3) is 0.0698. The molecule has 214 valence electrons. The van der Waals surface area contributed by atoms with Crippen molar-refractivity contribution in [1.82, 2.24) is 0 Å². The van der Waals surface area contributed by atoms with E-state index in [0.29, 0.717) is 0 Å². The Morgan fingerprint density at radius 1 is 0.489 bits per heavy atom. The molecule has 1 aromatic heterocycles. The highest BCUT2D eigenvalue weighted by atomic mass is 32.1. The van der Waals surface area contributed by atoms with Gasteiger partial charge in [-0.1, -0.05) is 129 Å². The first-order valence-electron chi connectivity index (χ1n) is 15.6. The Morgan fingerprint density at radius 3 is 2.09 bits per heavy atom. The second kappa shape index (κ2) is 9.92. The minimum absolute atomic E-state index is 0.0783. The van der Waals surface area contributed by atoms with E-state index >= 15 is 0 Å². The summed E-state index contributed by atoms with van der Waals surface area (Å²) >= 11 is 1.89. The van der Waals surface area contributed by atoms with Gasteiger partial charge in [-0.2, -0.15) is 0 Å². The lowest BCUT2D eigenvalue weighted by Crippen LogP contribution is -2.16. The van der Waals surface area contributed by atoms with Crippen LogP contribution < -0.4 is 4.90 Å². The van der Waals surface area contributed by atoms with Crippen LogP contribution in [0.25, 0.3) is 53.2 Å². The van der Waals surface area contributed by atoms with Crippen molar-refractivity contribution < 1.29 is 0 Å². The lowest BCUT2D eigenvalue weighted by molar-refractivity contribution is 0.660. The first kappa shape index (κ1) is 26.2. The van der Waals surface area contributed by atoms with Crippen molar-refractivity contribution in [2.24, 2.45) is 0 Å². The molecule has 1 aliphatic carbocycles. The van der Waals surface area contributed by atoms with Crippen LogP contribution in [0.5, 0.6) is 0 Å². The number of fused-ring (bicyclic) bond motifs is 7. The number of hydrogen-bond donors (Lipinski definition) is 0. The average molecular weight is 594 g/mol. The molecule has 0 amide bonds. The highest BCUT2D eigenvalue weighted by molar-refractivity contribution is 7.26. The Labute approximate surface area is 267 Å². The van der Waals surface area contributed by atoms with Gasteiger partial charge in [-0.3, -0.25) is 0 Å². The van der Waals surface area contributed by atoms with E-state index in [9.17, 15) is 0 Å². The fourth-order valence-electron chi connectivity index (χ4n) is 7.45. The number of benzene rings is 7. The van der Waals surface area contributed by atoms with E-state index in [-0.39, 0.29) is 5.41 Å². The number of thiophene rings is 1. The number of hydrogen-bond acceptors (Lipinski definition) is 2. The average Bonchev–Trinajstić information content (AvgIpc) is 3.58. The molecule has 1 aliphatic rings. The minimum atomic E-state index is -0.0783. The van der Waals surface area contributed by atoms with E-state index < -0.39 is 0 Å². The van der Waals surface area contributed by atoms with Crippen LogP contribution >= 0.6 is 11.3 Å². The number of rotatable bonds is 4. The molecule has 0 bridgehead atoms. The lowest BCUT2D eigenvalue weighted by atomic mass is 9.82. The topological polar surface area (TPSA) is 3.24 Å². The summed E-state index contributed by atoms with van der Waals surface area (Å²) in [7, 11) is 0. The molecule has 1 heterocycles. The number of anilines is 3. The molecule has 1 nitrogen and oxygen atoms in total. The van der Waals surface area contributed by atoms with Crippen molar-refractivity contribution in [3.05, 3.63) is 163 Å². The first-order valence-corrected chi connectivity index (χ1v) is 16.4. The fourth-order valence-corrected chi connectivity index (χ4v) is 8.69. The summed E-state index contributed by atoms with van der Waals surface area (Å²) in [6.45, 7) is 4.71. The highest BCUT2D eigenvalue weighted by Crippen LogP contribution is 2.51. The van der Waals surface area contributed by atoms with Gasteiger partial charge in [0, 0.05) is 42.3 Å². The van der Waals surface area contributed by atoms with Crippen molar-refractivity contribution in [1.29, 1.82) is 0 Å². The molecule has 8 aromatic rings. The van der Waals surface area contributed by atoms with Gasteiger partial charge in [0.05, 0.1) is 5.69 Å². The van der Waals surface area contributed by atoms with Crippen LogP contribution in [0.4, 0.5) is 17.1 Å². The largest absolute Gasteiger partial charge is 0.310 e. The van der Waals surface area contributed by atoms with Gasteiger partial charge in [-0.25, -0.2) is 0 Å². The molecule has 0 saturated carbocycles. The van der Waals surface area contributed by atoms with E-state index in [1.54, 1.807) is 0 Å². The van der Waals surface area contributed by atoms with Crippen molar-refractivity contribution in [2.75, 3.05) is 4.90 Å². The van der Waals surface area contributed by atoms with E-state index in [1.807, 2.05) is 11.3 Å². The van der Waals surface area contributed by atoms with Gasteiger partial charge in [0.1, 0.15) is 0 Å². The second-order valence-electron chi connectivity index (χ2n) is 12.6. The van der Waals surface area contributed by atoms with Crippen LogP contribution in [0.2, 0.25) is 0 Å². The maximum Gasteiger partial charge on any atom is 0.0540 e. The summed E-state index contributed by atoms with van der Waals surface area (Å²) in [5, 5.41) is 5.12. The third-order valence-electron chi connectivity index (χ3n) is 9.65. The first-order chi connectivity index (χ1) is 22.1. The van der Waals surface area contributed by atoms with Gasteiger partial charge in [-0.05, 0) is 75.2 Å². The summed E-state index contributed by atoms with van der Waals surface area (Å²) in [6, 6.07) is 55.9. The van der Waals surface area contributed by atoms with Gasteiger partial charge in [-0.15, -0.1) is 11.3 Å². The van der Waals surface area contributed by atoms with Crippen LogP contribution in [0, 0.1) is 0 Å². The van der Waals surface area contributed by atoms with E-state index in [2.05, 4.69) is 170 Å². The van der Waals surface area contributed by atoms with Gasteiger partial charge in [0.2, 0.25) is 0 Å². The maximum absolute atomic E-state index is 2.45. The highest BCUT2D eigenvalue weighted by Gasteiger charge is 2.35. The van der Waals surface area contributed by atoms with Gasteiger partial charge >= 0.3 is 0 Å². The number of nitrogens with zero attached hydrogens (tertiary/aromatic N) is 1. The van der Waals surface area contributed by atoms with Crippen LogP contribution in [0.3, 0.4) is 0 Å². The summed E-state index contributed by atoms with van der Waals surface area (Å²) in [4.78, 5) is 2.45. The van der Waals surface area contributed by atoms with Crippen LogP contribution in [-0.2, 0) is 5.41 Å². The van der Waals surface area contributed by atoms with Crippen LogP contribution in [0.1, 0.15) is 25.0 Å². The Hall–Kier alpha value is -5.18. The molecule has 0 radical (unpaired) electrons. The molecule has 0 aliphatic heterocycles. The summed E-state index contributed by atoms with van der Waals surface area (Å²) < 4.78 is 2.67. The van der Waals surface area contributed by atoms with Crippen LogP contribution in [-0.4, -0.2) is 0 Å². The zero-order chi connectivity index (χ0) is 30.1. The molecular formula is C43H31NS. The zero-order valence-electron chi connectivity index (χ0n) is 25.3. The predicted octanol–water partition coefficient (Wildman–Crippen LogP) is 12.7. The summed E-state index contributed by atoms with van der Waals surface area (Å²) in [5.74, 6) is 0. The Morgan fingerprint density at radius 2 is 1.16 bits per heavy atom. The van der Waals surface area contributed by atoms with Crippen LogP contribution in [0.15, 0.2) is 152 Å². The molecule has 9 rings (SSSR count). The normalized spacial score (nSPS) is 13.3. The van der Waals surface area contributed by atoms with E-state index in [1.165, 1.54) is 75.7 Å². The van der Waals surface area contributed by atoms with Gasteiger partial charge in [0.15, 0.2) is 0 Å². The van der Waals surface area contributed by atoms with E-state index in [4.69, 9.17) is 0 Å². The maximum atomic E-state index is 2.45. The molecule has 7 aromatic carbocycles. The van der Waals surface area contributed by atoms with Crippen molar-refractivity contribution >= 4 is 59.3 Å².